The summed E-state index contributed by atoms with van der Waals surface area (Å²) in [6, 6.07) is 5.18. The number of carbonyl (C=O) groups excluding carboxylic acids is 2. The van der Waals surface area contributed by atoms with Crippen LogP contribution in [0.25, 0.3) is 0 Å². The fraction of sp³-hybridized carbons (Fsp3) is 0.471. The molecule has 0 saturated carbocycles. The molecule has 0 radical (unpaired) electrons. The number of amides is 2. The zero-order valence-corrected chi connectivity index (χ0v) is 14.9. The normalized spacial score (nSPS) is 14.7. The van der Waals surface area contributed by atoms with E-state index in [4.69, 9.17) is 0 Å². The van der Waals surface area contributed by atoms with Crippen molar-refractivity contribution in [2.24, 2.45) is 0 Å². The van der Waals surface area contributed by atoms with Crippen LogP contribution in [0.2, 0.25) is 0 Å². The van der Waals surface area contributed by atoms with Crippen LogP contribution < -0.4 is 0 Å². The number of aromatic hydroxyl groups is 1. The maximum atomic E-state index is 12.7. The molecular weight excluding hydrogens is 336 g/mol. The second kappa shape index (κ2) is 7.51. The maximum absolute atomic E-state index is 12.7. The molecule has 2 aromatic rings. The van der Waals surface area contributed by atoms with Crippen LogP contribution in [0.1, 0.15) is 35.7 Å². The van der Waals surface area contributed by atoms with E-state index >= 15 is 0 Å². The van der Waals surface area contributed by atoms with Gasteiger partial charge in [0.05, 0.1) is 5.56 Å². The molecule has 26 heavy (non-hydrogen) atoms. The molecule has 138 valence electrons. The van der Waals surface area contributed by atoms with Gasteiger partial charge in [0.15, 0.2) is 0 Å². The Kier molecular flexibility index (Phi) is 5.15. The summed E-state index contributed by atoms with van der Waals surface area (Å²) in [5, 5.41) is 20.9. The van der Waals surface area contributed by atoms with E-state index in [1.165, 1.54) is 11.0 Å². The smallest absolute Gasteiger partial charge is 0.257 e. The Morgan fingerprint density at radius 1 is 1.15 bits per heavy atom. The number of nitrogens with zero attached hydrogens (tertiary/aromatic N) is 6. The van der Waals surface area contributed by atoms with Crippen molar-refractivity contribution in [1.29, 1.82) is 0 Å². The molecule has 1 N–H and O–H groups in total. The molecule has 2 heterocycles. The highest BCUT2D eigenvalue weighted by Gasteiger charge is 2.26. The monoisotopic (exact) mass is 358 g/mol. The minimum absolute atomic E-state index is 0.00149. The summed E-state index contributed by atoms with van der Waals surface area (Å²) in [6.07, 6.45) is 1.39. The van der Waals surface area contributed by atoms with Crippen LogP contribution in [-0.2, 0) is 11.3 Å². The van der Waals surface area contributed by atoms with Gasteiger partial charge in [-0.2, -0.15) is 0 Å². The first-order valence-electron chi connectivity index (χ1n) is 8.56. The fourth-order valence-corrected chi connectivity index (χ4v) is 2.91. The van der Waals surface area contributed by atoms with E-state index in [0.717, 1.165) is 5.56 Å². The van der Waals surface area contributed by atoms with Gasteiger partial charge < -0.3 is 14.9 Å². The van der Waals surface area contributed by atoms with Gasteiger partial charge in [0, 0.05) is 26.2 Å². The standard InChI is InChI=1S/C17H22N6O3/c1-12(2)13-3-4-14(15(24)9-13)17(26)22-7-5-21(6-8-22)16(25)10-23-11-18-19-20-23/h3-4,9,11-12,24H,5-8,10H2,1-2H3. The number of phenols is 1. The number of hydrogen-bond donors (Lipinski definition) is 1. The predicted molar refractivity (Wildman–Crippen MR) is 92.5 cm³/mol. The SMILES string of the molecule is CC(C)c1ccc(C(=O)N2CCN(C(=O)Cn3cnnn3)CC2)c(O)c1. The average Bonchev–Trinajstić information content (AvgIpc) is 3.14. The fourth-order valence-electron chi connectivity index (χ4n) is 2.91. The van der Waals surface area contributed by atoms with Gasteiger partial charge in [0.25, 0.3) is 5.91 Å². The van der Waals surface area contributed by atoms with Crippen LogP contribution in [0.15, 0.2) is 24.5 Å². The first-order chi connectivity index (χ1) is 12.5. The molecule has 2 amide bonds. The number of hydrogen-bond acceptors (Lipinski definition) is 6. The third kappa shape index (κ3) is 3.81. The molecule has 1 fully saturated rings. The molecule has 9 nitrogen and oxygen atoms in total. The van der Waals surface area contributed by atoms with Crippen molar-refractivity contribution in [3.05, 3.63) is 35.7 Å². The van der Waals surface area contributed by atoms with Crippen molar-refractivity contribution in [2.75, 3.05) is 26.2 Å². The quantitative estimate of drug-likeness (QED) is 0.853. The van der Waals surface area contributed by atoms with Crippen molar-refractivity contribution in [2.45, 2.75) is 26.3 Å². The summed E-state index contributed by atoms with van der Waals surface area (Å²) in [4.78, 5) is 28.2. The van der Waals surface area contributed by atoms with E-state index in [0.29, 0.717) is 31.7 Å². The largest absolute Gasteiger partial charge is 0.507 e. The second-order valence-corrected chi connectivity index (χ2v) is 6.61. The molecule has 9 heteroatoms. The van der Waals surface area contributed by atoms with Crippen LogP contribution >= 0.6 is 0 Å². The molecule has 1 aromatic carbocycles. The number of tetrazole rings is 1. The maximum Gasteiger partial charge on any atom is 0.257 e. The molecule has 1 aliphatic rings. The lowest BCUT2D eigenvalue weighted by Crippen LogP contribution is -2.51. The molecular formula is C17H22N6O3. The first-order valence-corrected chi connectivity index (χ1v) is 8.56. The summed E-state index contributed by atoms with van der Waals surface area (Å²) in [5.74, 6) is -0.0305. The van der Waals surface area contributed by atoms with Gasteiger partial charge in [-0.25, -0.2) is 4.68 Å². The zero-order chi connectivity index (χ0) is 18.7. The van der Waals surface area contributed by atoms with Crippen LogP contribution in [0.4, 0.5) is 0 Å². The molecule has 0 atom stereocenters. The molecule has 1 aliphatic heterocycles. The van der Waals surface area contributed by atoms with E-state index in [9.17, 15) is 14.7 Å². The third-order valence-electron chi connectivity index (χ3n) is 4.53. The van der Waals surface area contributed by atoms with E-state index in [1.807, 2.05) is 19.9 Å². The molecule has 0 aliphatic carbocycles. The Labute approximate surface area is 151 Å². The summed E-state index contributed by atoms with van der Waals surface area (Å²) in [5.41, 5.74) is 1.28. The number of piperazine rings is 1. The van der Waals surface area contributed by atoms with Crippen molar-refractivity contribution in [3.8, 4) is 5.75 Å². The highest BCUT2D eigenvalue weighted by molar-refractivity contribution is 5.97. The van der Waals surface area contributed by atoms with E-state index < -0.39 is 0 Å². The first kappa shape index (κ1) is 17.8. The number of benzene rings is 1. The summed E-state index contributed by atoms with van der Waals surface area (Å²) >= 11 is 0. The third-order valence-corrected chi connectivity index (χ3v) is 4.53. The van der Waals surface area contributed by atoms with Gasteiger partial charge >= 0.3 is 0 Å². The molecule has 0 unspecified atom stereocenters. The van der Waals surface area contributed by atoms with Gasteiger partial charge in [-0.05, 0) is 34.0 Å². The van der Waals surface area contributed by atoms with E-state index in [-0.39, 0.29) is 30.0 Å². The molecule has 3 rings (SSSR count). The Morgan fingerprint density at radius 2 is 1.85 bits per heavy atom. The van der Waals surface area contributed by atoms with Gasteiger partial charge in [-0.3, -0.25) is 9.59 Å². The van der Waals surface area contributed by atoms with Gasteiger partial charge in [0.2, 0.25) is 5.91 Å². The van der Waals surface area contributed by atoms with Gasteiger partial charge in [-0.15, -0.1) is 5.10 Å². The number of rotatable bonds is 4. The van der Waals surface area contributed by atoms with Crippen LogP contribution in [0.3, 0.4) is 0 Å². The predicted octanol–water partition coefficient (Wildman–Crippen LogP) is 0.487. The van der Waals surface area contributed by atoms with Crippen LogP contribution in [0, 0.1) is 0 Å². The average molecular weight is 358 g/mol. The number of phenolic OH excluding ortho intramolecular Hbond substituents is 1. The molecule has 0 spiro atoms. The Hall–Kier alpha value is -2.97. The minimum atomic E-state index is -0.217. The Bertz CT molecular complexity index is 782. The summed E-state index contributed by atoms with van der Waals surface area (Å²) < 4.78 is 1.37. The van der Waals surface area contributed by atoms with Crippen molar-refractivity contribution in [3.63, 3.8) is 0 Å². The van der Waals surface area contributed by atoms with Crippen LogP contribution in [0.5, 0.6) is 5.75 Å². The van der Waals surface area contributed by atoms with Crippen molar-refractivity contribution >= 4 is 11.8 Å². The molecule has 1 aromatic heterocycles. The zero-order valence-electron chi connectivity index (χ0n) is 14.9. The highest BCUT2D eigenvalue weighted by atomic mass is 16.3. The lowest BCUT2D eigenvalue weighted by molar-refractivity contribution is -0.133. The highest BCUT2D eigenvalue weighted by Crippen LogP contribution is 2.25. The summed E-state index contributed by atoms with van der Waals surface area (Å²) in [6.45, 7) is 5.87. The van der Waals surface area contributed by atoms with E-state index in [1.54, 1.807) is 21.9 Å². The van der Waals surface area contributed by atoms with E-state index in [2.05, 4.69) is 15.5 Å². The Balaban J connectivity index is 1.59. The second-order valence-electron chi connectivity index (χ2n) is 6.61. The minimum Gasteiger partial charge on any atom is -0.507 e. The topological polar surface area (TPSA) is 104 Å². The Morgan fingerprint density at radius 3 is 2.42 bits per heavy atom. The number of carbonyl (C=O) groups is 2. The number of aromatic nitrogens is 4. The van der Waals surface area contributed by atoms with Crippen molar-refractivity contribution in [1.82, 2.24) is 30.0 Å². The van der Waals surface area contributed by atoms with Crippen LogP contribution in [-0.4, -0.2) is 73.1 Å². The van der Waals surface area contributed by atoms with Gasteiger partial charge in [-0.1, -0.05) is 19.9 Å². The lowest BCUT2D eigenvalue weighted by atomic mass is 10.0. The molecule has 0 bridgehead atoms. The lowest BCUT2D eigenvalue weighted by Gasteiger charge is -2.34. The van der Waals surface area contributed by atoms with Gasteiger partial charge in [0.1, 0.15) is 18.6 Å². The summed E-state index contributed by atoms with van der Waals surface area (Å²) in [7, 11) is 0. The molecule has 1 saturated heterocycles. The van der Waals surface area contributed by atoms with Crippen molar-refractivity contribution < 1.29 is 14.7 Å².